The maximum atomic E-state index is 13.1. The number of nitrogens with one attached hydrogen (secondary N) is 1. The molecule has 7 nitrogen and oxygen atoms in total. The number of benzene rings is 2. The summed E-state index contributed by atoms with van der Waals surface area (Å²) in [5.74, 6) is 1.35. The third-order valence-corrected chi connectivity index (χ3v) is 5.02. The summed E-state index contributed by atoms with van der Waals surface area (Å²) in [6.45, 7) is 2.28. The number of morpholine rings is 1. The van der Waals surface area contributed by atoms with E-state index in [-0.39, 0.29) is 24.4 Å². The zero-order chi connectivity index (χ0) is 21.5. The molecule has 0 spiro atoms. The lowest BCUT2D eigenvalue weighted by Gasteiger charge is -2.32. The van der Waals surface area contributed by atoms with Gasteiger partial charge < -0.3 is 24.3 Å². The van der Waals surface area contributed by atoms with E-state index in [0.717, 1.165) is 11.1 Å². The lowest BCUT2D eigenvalue weighted by atomic mass is 10.1. The zero-order valence-corrected chi connectivity index (χ0v) is 17.4. The molecule has 1 aliphatic heterocycles. The van der Waals surface area contributed by atoms with Gasteiger partial charge in [-0.15, -0.1) is 0 Å². The molecular weight excluding hydrogens is 391 g/mol. The number of carbonyl (C=O) groups excluding carboxylic acids is 1. The van der Waals surface area contributed by atoms with E-state index in [1.165, 1.54) is 12.1 Å². The highest BCUT2D eigenvalue weighted by Gasteiger charge is 2.23. The summed E-state index contributed by atoms with van der Waals surface area (Å²) in [5, 5.41) is 2.92. The van der Waals surface area contributed by atoms with Gasteiger partial charge in [-0.2, -0.15) is 0 Å². The van der Waals surface area contributed by atoms with Crippen molar-refractivity contribution in [3.8, 4) is 17.2 Å². The van der Waals surface area contributed by atoms with E-state index in [0.29, 0.717) is 43.5 Å². The lowest BCUT2D eigenvalue weighted by Crippen LogP contribution is -2.44. The van der Waals surface area contributed by atoms with Crippen LogP contribution in [0.25, 0.3) is 0 Å². The molecule has 162 valence electrons. The van der Waals surface area contributed by atoms with Crippen molar-refractivity contribution < 1.29 is 28.1 Å². The summed E-state index contributed by atoms with van der Waals surface area (Å²) in [6, 6.07) is 9.79. The number of hydrogen-bond donors (Lipinski definition) is 1. The molecule has 0 aliphatic carbocycles. The van der Waals surface area contributed by atoms with Crippen LogP contribution in [-0.2, 0) is 16.1 Å². The number of nitrogens with zero attached hydrogens (tertiary/aromatic N) is 1. The van der Waals surface area contributed by atoms with Crippen molar-refractivity contribution in [1.29, 1.82) is 0 Å². The molecule has 0 bridgehead atoms. The smallest absolute Gasteiger partial charge is 0.234 e. The maximum Gasteiger partial charge on any atom is 0.234 e. The highest BCUT2D eigenvalue weighted by Crippen LogP contribution is 2.34. The molecule has 1 unspecified atom stereocenters. The number of amides is 1. The Morgan fingerprint density at radius 3 is 2.43 bits per heavy atom. The molecule has 0 radical (unpaired) electrons. The molecule has 30 heavy (non-hydrogen) atoms. The van der Waals surface area contributed by atoms with Crippen LogP contribution in [-0.4, -0.2) is 58.4 Å². The average molecular weight is 418 g/mol. The minimum Gasteiger partial charge on any atom is -0.496 e. The van der Waals surface area contributed by atoms with Gasteiger partial charge in [0.15, 0.2) is 11.5 Å². The Labute approximate surface area is 175 Å². The Balaban J connectivity index is 1.57. The van der Waals surface area contributed by atoms with Crippen LogP contribution in [0.15, 0.2) is 36.4 Å². The van der Waals surface area contributed by atoms with Gasteiger partial charge in [0.2, 0.25) is 5.91 Å². The number of carbonyl (C=O) groups is 1. The molecule has 2 aromatic carbocycles. The monoisotopic (exact) mass is 418 g/mol. The molecule has 1 amide bonds. The highest BCUT2D eigenvalue weighted by atomic mass is 19.1. The molecule has 3 rings (SSSR count). The van der Waals surface area contributed by atoms with Crippen LogP contribution in [0.5, 0.6) is 17.2 Å². The van der Waals surface area contributed by atoms with Gasteiger partial charge in [-0.1, -0.05) is 12.1 Å². The largest absolute Gasteiger partial charge is 0.496 e. The molecular formula is C22H27FN2O5. The molecule has 1 saturated heterocycles. The van der Waals surface area contributed by atoms with Crippen LogP contribution < -0.4 is 19.5 Å². The van der Waals surface area contributed by atoms with Crippen molar-refractivity contribution in [3.63, 3.8) is 0 Å². The van der Waals surface area contributed by atoms with E-state index in [4.69, 9.17) is 18.9 Å². The quantitative estimate of drug-likeness (QED) is 0.711. The summed E-state index contributed by atoms with van der Waals surface area (Å²) in [4.78, 5) is 14.5. The van der Waals surface area contributed by atoms with Crippen LogP contribution in [0.2, 0.25) is 0 Å². The second-order valence-electron chi connectivity index (χ2n) is 6.94. The molecule has 8 heteroatoms. The van der Waals surface area contributed by atoms with Crippen LogP contribution in [0.3, 0.4) is 0 Å². The van der Waals surface area contributed by atoms with Crippen molar-refractivity contribution in [2.75, 3.05) is 47.6 Å². The van der Waals surface area contributed by atoms with Gasteiger partial charge in [-0.3, -0.25) is 9.69 Å². The van der Waals surface area contributed by atoms with E-state index >= 15 is 0 Å². The minimum absolute atomic E-state index is 0.105. The normalized spacial score (nSPS) is 16.7. The highest BCUT2D eigenvalue weighted by molar-refractivity contribution is 5.78. The molecule has 1 heterocycles. The van der Waals surface area contributed by atoms with Crippen LogP contribution in [0, 0.1) is 5.82 Å². The lowest BCUT2D eigenvalue weighted by molar-refractivity contribution is -0.124. The molecule has 1 aliphatic rings. The first-order valence-corrected chi connectivity index (χ1v) is 9.69. The number of hydrogen-bond acceptors (Lipinski definition) is 6. The van der Waals surface area contributed by atoms with Gasteiger partial charge in [0.1, 0.15) is 11.6 Å². The average Bonchev–Trinajstić information content (AvgIpc) is 2.77. The van der Waals surface area contributed by atoms with Gasteiger partial charge in [0, 0.05) is 31.3 Å². The van der Waals surface area contributed by atoms with Gasteiger partial charge in [0.25, 0.3) is 0 Å². The third kappa shape index (κ3) is 5.40. The van der Waals surface area contributed by atoms with Crippen molar-refractivity contribution in [2.45, 2.75) is 12.6 Å². The van der Waals surface area contributed by atoms with Crippen LogP contribution >= 0.6 is 0 Å². The van der Waals surface area contributed by atoms with Gasteiger partial charge in [-0.25, -0.2) is 4.39 Å². The van der Waals surface area contributed by atoms with Crippen LogP contribution in [0.1, 0.15) is 17.2 Å². The Bertz CT molecular complexity index is 859. The molecule has 1 fully saturated rings. The van der Waals surface area contributed by atoms with E-state index < -0.39 is 0 Å². The number of rotatable bonds is 8. The van der Waals surface area contributed by atoms with Gasteiger partial charge >= 0.3 is 0 Å². The predicted molar refractivity (Wildman–Crippen MR) is 109 cm³/mol. The SMILES string of the molecule is COc1cc(OC)c(OC)cc1CNC(=O)CN1CCOC(c2ccc(F)cc2)C1. The van der Waals surface area contributed by atoms with Crippen molar-refractivity contribution >= 4 is 5.91 Å². The summed E-state index contributed by atoms with van der Waals surface area (Å²) in [5.41, 5.74) is 1.69. The minimum atomic E-state index is -0.281. The summed E-state index contributed by atoms with van der Waals surface area (Å²) < 4.78 is 34.9. The fourth-order valence-electron chi connectivity index (χ4n) is 3.41. The Kier molecular flexibility index (Phi) is 7.48. The standard InChI is InChI=1S/C22H27FN2O5/c1-27-18-11-20(29-3)19(28-2)10-16(18)12-24-22(26)14-25-8-9-30-21(13-25)15-4-6-17(23)7-5-15/h4-7,10-11,21H,8-9,12-14H2,1-3H3,(H,24,26). The number of methoxy groups -OCH3 is 3. The van der Waals surface area contributed by atoms with E-state index in [9.17, 15) is 9.18 Å². The second-order valence-corrected chi connectivity index (χ2v) is 6.94. The van der Waals surface area contributed by atoms with Crippen LogP contribution in [0.4, 0.5) is 4.39 Å². The van der Waals surface area contributed by atoms with E-state index in [1.54, 1.807) is 45.6 Å². The van der Waals surface area contributed by atoms with Gasteiger partial charge in [0.05, 0.1) is 40.6 Å². The second kappa shape index (κ2) is 10.3. The van der Waals surface area contributed by atoms with Crippen molar-refractivity contribution in [2.24, 2.45) is 0 Å². The number of halogens is 1. The fourth-order valence-corrected chi connectivity index (χ4v) is 3.41. The molecule has 0 aromatic heterocycles. The van der Waals surface area contributed by atoms with E-state index in [2.05, 4.69) is 5.32 Å². The molecule has 2 aromatic rings. The maximum absolute atomic E-state index is 13.1. The number of ether oxygens (including phenoxy) is 4. The first kappa shape index (κ1) is 21.9. The van der Waals surface area contributed by atoms with Crippen molar-refractivity contribution in [1.82, 2.24) is 10.2 Å². The molecule has 1 atom stereocenters. The van der Waals surface area contributed by atoms with Gasteiger partial charge in [-0.05, 0) is 23.8 Å². The fraction of sp³-hybridized carbons (Fsp3) is 0.409. The molecule has 1 N–H and O–H groups in total. The van der Waals surface area contributed by atoms with Crippen molar-refractivity contribution in [3.05, 3.63) is 53.3 Å². The summed E-state index contributed by atoms with van der Waals surface area (Å²) >= 11 is 0. The summed E-state index contributed by atoms with van der Waals surface area (Å²) in [7, 11) is 4.68. The molecule has 0 saturated carbocycles. The third-order valence-electron chi connectivity index (χ3n) is 5.02. The Hall–Kier alpha value is -2.84. The Morgan fingerprint density at radius 2 is 1.77 bits per heavy atom. The topological polar surface area (TPSA) is 69.3 Å². The Morgan fingerprint density at radius 1 is 1.10 bits per heavy atom. The van der Waals surface area contributed by atoms with E-state index in [1.807, 2.05) is 4.90 Å². The summed E-state index contributed by atoms with van der Waals surface area (Å²) in [6.07, 6.45) is -0.182. The predicted octanol–water partition coefficient (Wildman–Crippen LogP) is 2.54. The first-order chi connectivity index (χ1) is 14.5. The first-order valence-electron chi connectivity index (χ1n) is 9.69. The zero-order valence-electron chi connectivity index (χ0n) is 17.4.